The number of aliphatic hydroxyl groups excluding tert-OH is 1. The minimum atomic E-state index is 0. The normalized spacial score (nSPS) is 9.33. The predicted octanol–water partition coefficient (Wildman–Crippen LogP) is -0.542. The number of hydrogen-bond acceptors (Lipinski definition) is 1. The Hall–Kier alpha value is 1.21. The van der Waals surface area contributed by atoms with Crippen molar-refractivity contribution in [3.05, 3.63) is 0 Å². The van der Waals surface area contributed by atoms with Gasteiger partial charge < -0.3 is 9.59 Å². The van der Waals surface area contributed by atoms with Gasteiger partial charge in [-0.15, -0.1) is 12.4 Å². The van der Waals surface area contributed by atoms with E-state index < -0.39 is 0 Å². The summed E-state index contributed by atoms with van der Waals surface area (Å²) < 4.78 is 0.844. The summed E-state index contributed by atoms with van der Waals surface area (Å²) in [6, 6.07) is 0. The fourth-order valence-corrected chi connectivity index (χ4v) is 0.300. The second-order valence-electron chi connectivity index (χ2n) is 2.74. The quantitative estimate of drug-likeness (QED) is 0.430. The van der Waals surface area contributed by atoms with E-state index in [2.05, 4.69) is 21.1 Å². The molecule has 0 aliphatic carbocycles. The molecule has 0 aliphatic heterocycles. The number of quaternary nitrogens is 1. The number of likely N-dealkylation sites (N-methyl/N-ethyl adjacent to an activating group) is 1. The van der Waals surface area contributed by atoms with Crippen molar-refractivity contribution < 1.29 is 9.59 Å². The molecular weight excluding hydrogens is 149 g/mol. The van der Waals surface area contributed by atoms with E-state index in [4.69, 9.17) is 5.11 Å². The van der Waals surface area contributed by atoms with Gasteiger partial charge in [0.1, 0.15) is 6.54 Å². The molecule has 0 saturated carbocycles. The Balaban J connectivity index is -0.000000180. The summed E-state index contributed by atoms with van der Waals surface area (Å²) in [5, 5.41) is 8.39. The zero-order chi connectivity index (χ0) is 5.91. The van der Waals surface area contributed by atoms with E-state index in [1.807, 2.05) is 0 Å². The Morgan fingerprint density at radius 3 is 1.56 bits per heavy atom. The van der Waals surface area contributed by atoms with Crippen LogP contribution in [0.2, 0.25) is 0 Å². The summed E-state index contributed by atoms with van der Waals surface area (Å²) in [7, 11) is 6.16. The molecule has 0 bridgehead atoms. The van der Waals surface area contributed by atoms with Gasteiger partial charge >= 0.3 is 29.6 Å². The molecule has 0 fully saturated rings. The summed E-state index contributed by atoms with van der Waals surface area (Å²) in [6.45, 7) is 1.11. The maximum atomic E-state index is 8.39. The van der Waals surface area contributed by atoms with Crippen LogP contribution in [0.15, 0.2) is 0 Å². The van der Waals surface area contributed by atoms with Crippen molar-refractivity contribution in [2.75, 3.05) is 34.3 Å². The number of halogens is 1. The van der Waals surface area contributed by atoms with Gasteiger partial charge in [0.2, 0.25) is 0 Å². The van der Waals surface area contributed by atoms with E-state index in [1.54, 1.807) is 0 Å². The molecule has 0 rings (SSSR count). The molecule has 0 spiro atoms. The predicted molar refractivity (Wildman–Crippen MR) is 44.4 cm³/mol. The van der Waals surface area contributed by atoms with Gasteiger partial charge in [-0.3, -0.25) is 0 Å². The van der Waals surface area contributed by atoms with Crippen LogP contribution in [-0.2, 0) is 0 Å². The van der Waals surface area contributed by atoms with Crippen LogP contribution in [0.25, 0.3) is 0 Å². The van der Waals surface area contributed by atoms with Gasteiger partial charge in [0.25, 0.3) is 0 Å². The van der Waals surface area contributed by atoms with Crippen LogP contribution in [0.3, 0.4) is 0 Å². The molecule has 0 aliphatic rings. The topological polar surface area (TPSA) is 20.2 Å². The van der Waals surface area contributed by atoms with Gasteiger partial charge in [0, 0.05) is 0 Å². The second-order valence-corrected chi connectivity index (χ2v) is 2.74. The third kappa shape index (κ3) is 17.6. The van der Waals surface area contributed by atoms with Crippen LogP contribution in [0.4, 0.5) is 0 Å². The van der Waals surface area contributed by atoms with Crippen LogP contribution in [0.1, 0.15) is 0 Å². The van der Waals surface area contributed by atoms with Crippen LogP contribution in [0.5, 0.6) is 0 Å². The molecule has 1 N–H and O–H groups in total. The van der Waals surface area contributed by atoms with Crippen LogP contribution < -0.4 is 0 Å². The van der Waals surface area contributed by atoms with Gasteiger partial charge in [-0.05, 0) is 0 Å². The number of nitrogens with zero attached hydrogens (tertiary/aromatic N) is 1. The van der Waals surface area contributed by atoms with Gasteiger partial charge in [0.15, 0.2) is 0 Å². The van der Waals surface area contributed by atoms with Crippen molar-refractivity contribution in [2.45, 2.75) is 0 Å². The summed E-state index contributed by atoms with van der Waals surface area (Å²) in [5.41, 5.74) is 0. The average molecular weight is 165 g/mol. The Bertz CT molecular complexity index is 55.4. The standard InChI is InChI=1S/C5H14NO.ClH.Na.H/c1-6(2,3)4-5-7;;;/h7H,4-5H2,1-3H3;1H;;/q+1;;;. The Morgan fingerprint density at radius 2 is 1.56 bits per heavy atom. The van der Waals surface area contributed by atoms with E-state index in [0.717, 1.165) is 11.0 Å². The number of rotatable bonds is 2. The summed E-state index contributed by atoms with van der Waals surface area (Å²) in [4.78, 5) is 0. The van der Waals surface area contributed by atoms with Crippen LogP contribution >= 0.6 is 12.4 Å². The number of aliphatic hydroxyl groups is 1. The molecule has 0 aromatic carbocycles. The third-order valence-electron chi connectivity index (χ3n) is 0.771. The van der Waals surface area contributed by atoms with Crippen molar-refractivity contribution in [3.8, 4) is 0 Å². The molecule has 0 heterocycles. The van der Waals surface area contributed by atoms with Gasteiger partial charge in [-0.1, -0.05) is 0 Å². The molecular formula is C5H16ClNNaO+. The van der Waals surface area contributed by atoms with E-state index in [-0.39, 0.29) is 48.6 Å². The fraction of sp³-hybridized carbons (Fsp3) is 1.00. The van der Waals surface area contributed by atoms with E-state index >= 15 is 0 Å². The Kier molecular flexibility index (Phi) is 13.5. The molecule has 0 radical (unpaired) electrons. The molecule has 0 saturated heterocycles. The van der Waals surface area contributed by atoms with Crippen molar-refractivity contribution in [2.24, 2.45) is 0 Å². The fourth-order valence-electron chi connectivity index (χ4n) is 0.300. The first-order valence-corrected chi connectivity index (χ1v) is 2.47. The zero-order valence-electron chi connectivity index (χ0n) is 5.72. The molecule has 54 valence electrons. The van der Waals surface area contributed by atoms with Gasteiger partial charge in [-0.2, -0.15) is 0 Å². The first kappa shape index (κ1) is 16.7. The molecule has 0 aromatic heterocycles. The molecule has 0 unspecified atom stereocenters. The molecule has 2 nitrogen and oxygen atoms in total. The van der Waals surface area contributed by atoms with Crippen molar-refractivity contribution in [3.63, 3.8) is 0 Å². The summed E-state index contributed by atoms with van der Waals surface area (Å²) in [5.74, 6) is 0. The number of hydrogen-bond donors (Lipinski definition) is 1. The SMILES string of the molecule is C[N+](C)(C)CCO.Cl.[NaH]. The summed E-state index contributed by atoms with van der Waals surface area (Å²) in [6.07, 6.45) is 0. The first-order valence-electron chi connectivity index (χ1n) is 2.47. The molecule has 0 atom stereocenters. The molecule has 0 amide bonds. The maximum absolute atomic E-state index is 8.39. The Morgan fingerprint density at radius 1 is 1.22 bits per heavy atom. The van der Waals surface area contributed by atoms with Gasteiger partial charge in [0.05, 0.1) is 27.7 Å². The van der Waals surface area contributed by atoms with E-state index in [9.17, 15) is 0 Å². The Labute approximate surface area is 85.5 Å². The first-order chi connectivity index (χ1) is 3.06. The van der Waals surface area contributed by atoms with Crippen molar-refractivity contribution >= 4 is 42.0 Å². The van der Waals surface area contributed by atoms with Crippen molar-refractivity contribution in [1.29, 1.82) is 0 Å². The molecule has 9 heavy (non-hydrogen) atoms. The summed E-state index contributed by atoms with van der Waals surface area (Å²) >= 11 is 0. The minimum absolute atomic E-state index is 0. The second kappa shape index (κ2) is 7.32. The third-order valence-corrected chi connectivity index (χ3v) is 0.771. The van der Waals surface area contributed by atoms with Crippen molar-refractivity contribution in [1.82, 2.24) is 0 Å². The molecule has 4 heteroatoms. The monoisotopic (exact) mass is 164 g/mol. The van der Waals surface area contributed by atoms with E-state index in [0.29, 0.717) is 0 Å². The van der Waals surface area contributed by atoms with Crippen LogP contribution in [0, 0.1) is 0 Å². The molecule has 0 aromatic rings. The van der Waals surface area contributed by atoms with Crippen LogP contribution in [-0.4, -0.2) is 73.4 Å². The van der Waals surface area contributed by atoms with E-state index in [1.165, 1.54) is 0 Å². The van der Waals surface area contributed by atoms with Gasteiger partial charge in [-0.25, -0.2) is 0 Å². The zero-order valence-corrected chi connectivity index (χ0v) is 6.53. The average Bonchev–Trinajstić information content (AvgIpc) is 1.30.